The maximum absolute atomic E-state index is 14.1. The van der Waals surface area contributed by atoms with Gasteiger partial charge in [0.1, 0.15) is 5.82 Å². The number of piperazine rings is 1. The number of likely N-dealkylation sites (tertiary alicyclic amines) is 1. The van der Waals surface area contributed by atoms with E-state index in [4.69, 9.17) is 11.6 Å². The van der Waals surface area contributed by atoms with Crippen molar-refractivity contribution >= 4 is 23.2 Å². The van der Waals surface area contributed by atoms with Crippen molar-refractivity contribution in [2.24, 2.45) is 0 Å². The van der Waals surface area contributed by atoms with Crippen molar-refractivity contribution in [2.75, 3.05) is 44.2 Å². The molecule has 4 nitrogen and oxygen atoms in total. The van der Waals surface area contributed by atoms with E-state index in [1.165, 1.54) is 29.4 Å². The molecule has 0 bridgehead atoms. The Morgan fingerprint density at radius 3 is 2.59 bits per heavy atom. The molecule has 2 saturated heterocycles. The van der Waals surface area contributed by atoms with Crippen LogP contribution in [0.15, 0.2) is 42.5 Å². The van der Waals surface area contributed by atoms with Gasteiger partial charge in [0.15, 0.2) is 0 Å². The summed E-state index contributed by atoms with van der Waals surface area (Å²) in [6.45, 7) is 7.40. The fourth-order valence-corrected chi connectivity index (χ4v) is 4.69. The van der Waals surface area contributed by atoms with Crippen LogP contribution in [0.1, 0.15) is 28.8 Å². The van der Waals surface area contributed by atoms with Crippen molar-refractivity contribution in [2.45, 2.75) is 25.8 Å². The monoisotopic (exact) mass is 415 g/mol. The zero-order chi connectivity index (χ0) is 20.4. The Morgan fingerprint density at radius 2 is 1.83 bits per heavy atom. The Labute approximate surface area is 176 Å². The first-order valence-electron chi connectivity index (χ1n) is 10.3. The molecule has 0 aliphatic carbocycles. The van der Waals surface area contributed by atoms with Crippen molar-refractivity contribution in [3.8, 4) is 0 Å². The Bertz CT molecular complexity index is 882. The molecule has 0 aromatic heterocycles. The van der Waals surface area contributed by atoms with Crippen LogP contribution in [-0.4, -0.2) is 61.0 Å². The fraction of sp³-hybridized carbons (Fsp3) is 0.435. The van der Waals surface area contributed by atoms with Gasteiger partial charge in [0.25, 0.3) is 5.91 Å². The average Bonchev–Trinajstić information content (AvgIpc) is 2.75. The topological polar surface area (TPSA) is 26.8 Å². The molecule has 0 N–H and O–H groups in total. The molecule has 29 heavy (non-hydrogen) atoms. The zero-order valence-corrected chi connectivity index (χ0v) is 17.5. The van der Waals surface area contributed by atoms with Gasteiger partial charge in [0, 0.05) is 56.0 Å². The summed E-state index contributed by atoms with van der Waals surface area (Å²) in [5, 5.41) is 0.385. The normalized spacial score (nSPS) is 20.7. The summed E-state index contributed by atoms with van der Waals surface area (Å²) in [5.74, 6) is -0.762. The van der Waals surface area contributed by atoms with Gasteiger partial charge in [0.2, 0.25) is 0 Å². The molecule has 4 rings (SSSR count). The van der Waals surface area contributed by atoms with Gasteiger partial charge >= 0.3 is 0 Å². The van der Waals surface area contributed by atoms with Gasteiger partial charge < -0.3 is 9.80 Å². The van der Waals surface area contributed by atoms with E-state index in [9.17, 15) is 9.18 Å². The summed E-state index contributed by atoms with van der Waals surface area (Å²) in [4.78, 5) is 19.6. The molecule has 2 aromatic carbocycles. The maximum atomic E-state index is 14.1. The summed E-state index contributed by atoms with van der Waals surface area (Å²) in [5.41, 5.74) is 2.69. The highest BCUT2D eigenvalue weighted by Crippen LogP contribution is 2.25. The molecule has 1 atom stereocenters. The predicted octanol–water partition coefficient (Wildman–Crippen LogP) is 4.21. The second kappa shape index (κ2) is 8.72. The Balaban J connectivity index is 1.39. The quantitative estimate of drug-likeness (QED) is 0.751. The van der Waals surface area contributed by atoms with Gasteiger partial charge in [-0.3, -0.25) is 9.69 Å². The van der Waals surface area contributed by atoms with Crippen LogP contribution in [0, 0.1) is 12.7 Å². The van der Waals surface area contributed by atoms with E-state index in [0.29, 0.717) is 24.2 Å². The number of hydrogen-bond acceptors (Lipinski definition) is 3. The van der Waals surface area contributed by atoms with Crippen LogP contribution in [0.25, 0.3) is 0 Å². The van der Waals surface area contributed by atoms with E-state index >= 15 is 0 Å². The molecule has 1 amide bonds. The largest absolute Gasteiger partial charge is 0.369 e. The highest BCUT2D eigenvalue weighted by Gasteiger charge is 2.31. The van der Waals surface area contributed by atoms with Gasteiger partial charge in [0.05, 0.1) is 5.56 Å². The van der Waals surface area contributed by atoms with E-state index in [1.54, 1.807) is 4.90 Å². The van der Waals surface area contributed by atoms with Crippen molar-refractivity contribution in [1.29, 1.82) is 0 Å². The molecular formula is C23H27ClFN3O. The van der Waals surface area contributed by atoms with E-state index < -0.39 is 5.82 Å². The Morgan fingerprint density at radius 1 is 1.07 bits per heavy atom. The highest BCUT2D eigenvalue weighted by molar-refractivity contribution is 6.31. The molecule has 0 spiro atoms. The van der Waals surface area contributed by atoms with E-state index in [2.05, 4.69) is 41.0 Å². The number of aryl methyl sites for hydroxylation is 1. The minimum atomic E-state index is -0.506. The number of benzene rings is 2. The van der Waals surface area contributed by atoms with Gasteiger partial charge in [-0.25, -0.2) is 4.39 Å². The molecule has 0 unspecified atom stereocenters. The van der Waals surface area contributed by atoms with Crippen LogP contribution >= 0.6 is 11.6 Å². The second-order valence-corrected chi connectivity index (χ2v) is 8.42. The standard InChI is InChI=1S/C23H27ClFN3O/c1-17-5-2-3-7-22(17)27-13-11-26(12-14-27)19-6-4-10-28(16-19)23(29)20-15-18(24)8-9-21(20)25/h2-3,5,7-9,15,19H,4,6,10-14,16H2,1H3/t19-/m1/s1. The third kappa shape index (κ3) is 4.41. The summed E-state index contributed by atoms with van der Waals surface area (Å²) in [6, 6.07) is 13.0. The van der Waals surface area contributed by atoms with Crippen LogP contribution in [0.2, 0.25) is 5.02 Å². The average molecular weight is 416 g/mol. The lowest BCUT2D eigenvalue weighted by molar-refractivity contribution is 0.0559. The highest BCUT2D eigenvalue weighted by atomic mass is 35.5. The Hall–Kier alpha value is -2.11. The zero-order valence-electron chi connectivity index (χ0n) is 16.8. The minimum absolute atomic E-state index is 0.0718. The second-order valence-electron chi connectivity index (χ2n) is 7.98. The number of amides is 1. The molecule has 2 fully saturated rings. The van der Waals surface area contributed by atoms with Crippen molar-refractivity contribution < 1.29 is 9.18 Å². The maximum Gasteiger partial charge on any atom is 0.256 e. The van der Waals surface area contributed by atoms with Crippen LogP contribution < -0.4 is 4.90 Å². The third-order valence-corrected chi connectivity index (χ3v) is 6.36. The molecule has 2 heterocycles. The van der Waals surface area contributed by atoms with Gasteiger partial charge in [-0.1, -0.05) is 29.8 Å². The first kappa shape index (κ1) is 20.2. The van der Waals surface area contributed by atoms with Crippen LogP contribution in [-0.2, 0) is 0 Å². The van der Waals surface area contributed by atoms with Crippen molar-refractivity contribution in [1.82, 2.24) is 9.80 Å². The number of nitrogens with zero attached hydrogens (tertiary/aromatic N) is 3. The molecule has 2 aliphatic rings. The van der Waals surface area contributed by atoms with Crippen LogP contribution in [0.3, 0.4) is 0 Å². The molecular weight excluding hydrogens is 389 g/mol. The number of carbonyl (C=O) groups is 1. The molecule has 0 radical (unpaired) electrons. The molecule has 6 heteroatoms. The number of para-hydroxylation sites is 1. The molecule has 2 aromatic rings. The first-order chi connectivity index (χ1) is 14.0. The minimum Gasteiger partial charge on any atom is -0.369 e. The van der Waals surface area contributed by atoms with E-state index in [-0.39, 0.29) is 11.5 Å². The van der Waals surface area contributed by atoms with E-state index in [0.717, 1.165) is 39.0 Å². The SMILES string of the molecule is Cc1ccccc1N1CCN([C@@H]2CCCN(C(=O)c3cc(Cl)ccc3F)C2)CC1. The number of piperidine rings is 1. The molecule has 0 saturated carbocycles. The van der Waals surface area contributed by atoms with Crippen molar-refractivity contribution in [3.05, 3.63) is 64.4 Å². The summed E-state index contributed by atoms with van der Waals surface area (Å²) < 4.78 is 14.1. The lowest BCUT2D eigenvalue weighted by Gasteiger charge is -2.44. The Kier molecular flexibility index (Phi) is 6.07. The summed E-state index contributed by atoms with van der Waals surface area (Å²) >= 11 is 5.98. The lowest BCUT2D eigenvalue weighted by atomic mass is 10.0. The summed E-state index contributed by atoms with van der Waals surface area (Å²) in [6.07, 6.45) is 2.02. The smallest absolute Gasteiger partial charge is 0.256 e. The van der Waals surface area contributed by atoms with Gasteiger partial charge in [-0.05, 0) is 49.6 Å². The number of hydrogen-bond donors (Lipinski definition) is 0. The number of carbonyl (C=O) groups excluding carboxylic acids is 1. The molecule has 2 aliphatic heterocycles. The fourth-order valence-electron chi connectivity index (χ4n) is 4.52. The van der Waals surface area contributed by atoms with Crippen molar-refractivity contribution in [3.63, 3.8) is 0 Å². The van der Waals surface area contributed by atoms with Crippen LogP contribution in [0.4, 0.5) is 10.1 Å². The third-order valence-electron chi connectivity index (χ3n) is 6.13. The number of anilines is 1. The predicted molar refractivity (Wildman–Crippen MR) is 115 cm³/mol. The lowest BCUT2D eigenvalue weighted by Crippen LogP contribution is -2.56. The molecule has 154 valence electrons. The first-order valence-corrected chi connectivity index (χ1v) is 10.7. The van der Waals surface area contributed by atoms with Gasteiger partial charge in [-0.2, -0.15) is 0 Å². The number of halogens is 2. The van der Waals surface area contributed by atoms with Crippen LogP contribution in [0.5, 0.6) is 0 Å². The van der Waals surface area contributed by atoms with Gasteiger partial charge in [-0.15, -0.1) is 0 Å². The van der Waals surface area contributed by atoms with E-state index in [1.807, 2.05) is 0 Å². The number of rotatable bonds is 3. The summed E-state index contributed by atoms with van der Waals surface area (Å²) in [7, 11) is 0.